The molecule has 29 heavy (non-hydrogen) atoms. The zero-order chi connectivity index (χ0) is 20.2. The molecule has 0 bridgehead atoms. The lowest BCUT2D eigenvalue weighted by Gasteiger charge is -2.40. The Bertz CT molecular complexity index is 1060. The second kappa shape index (κ2) is 6.10. The number of Topliss-reactive ketones (excluding diaryl/α,β-unsaturated/α-hetero) is 1. The molecule has 3 aliphatic rings. The van der Waals surface area contributed by atoms with Crippen LogP contribution in [0.15, 0.2) is 48.5 Å². The summed E-state index contributed by atoms with van der Waals surface area (Å²) in [5, 5.41) is 0. The van der Waals surface area contributed by atoms with Crippen LogP contribution in [-0.4, -0.2) is 30.6 Å². The maximum atomic E-state index is 13.2. The highest BCUT2D eigenvalue weighted by Crippen LogP contribution is 2.69. The Morgan fingerprint density at radius 1 is 1.24 bits per heavy atom. The van der Waals surface area contributed by atoms with Crippen molar-refractivity contribution in [3.8, 4) is 23.8 Å². The number of anilines is 1. The molecular formula is C23H19NO5. The van der Waals surface area contributed by atoms with Crippen LogP contribution in [0.25, 0.3) is 0 Å². The highest BCUT2D eigenvalue weighted by atomic mass is 16.6. The summed E-state index contributed by atoms with van der Waals surface area (Å²) >= 11 is 0. The molecule has 2 aromatic rings. The van der Waals surface area contributed by atoms with Gasteiger partial charge in [0.1, 0.15) is 23.1 Å². The largest absolute Gasteiger partial charge is 0.497 e. The maximum Gasteiger partial charge on any atom is 0.420 e. The number of rotatable bonds is 2. The van der Waals surface area contributed by atoms with E-state index in [9.17, 15) is 9.59 Å². The van der Waals surface area contributed by atoms with E-state index >= 15 is 0 Å². The van der Waals surface area contributed by atoms with Crippen LogP contribution in [-0.2, 0) is 15.1 Å². The first-order chi connectivity index (χ1) is 14.1. The summed E-state index contributed by atoms with van der Waals surface area (Å²) in [6.45, 7) is 0. The molecule has 1 saturated carbocycles. The van der Waals surface area contributed by atoms with Gasteiger partial charge in [0.05, 0.1) is 12.8 Å². The van der Waals surface area contributed by atoms with Crippen molar-refractivity contribution in [2.75, 3.05) is 12.0 Å². The van der Waals surface area contributed by atoms with E-state index in [-0.39, 0.29) is 5.78 Å². The molecular weight excluding hydrogens is 370 g/mol. The minimum Gasteiger partial charge on any atom is -0.497 e. The van der Waals surface area contributed by atoms with Crippen LogP contribution in [0.3, 0.4) is 0 Å². The third-order valence-electron chi connectivity index (χ3n) is 6.08. The molecule has 3 atom stereocenters. The van der Waals surface area contributed by atoms with Crippen molar-refractivity contribution < 1.29 is 23.8 Å². The molecule has 0 N–H and O–H groups in total. The first-order valence-electron chi connectivity index (χ1n) is 9.51. The number of hydrogen-bond acceptors (Lipinski definition) is 5. The SMILES string of the molecule is C#CC1N(C(=O)Oc2ccccc2)c2ccc(OC)cc2C23OC12CCCC3=O. The second-order valence-electron chi connectivity index (χ2n) is 7.45. The van der Waals surface area contributed by atoms with Gasteiger partial charge in [-0.05, 0) is 43.2 Å². The number of nitrogens with zero attached hydrogens (tertiary/aromatic N) is 1. The molecule has 1 saturated heterocycles. The molecule has 0 aromatic heterocycles. The van der Waals surface area contributed by atoms with Crippen LogP contribution >= 0.6 is 0 Å². The number of fused-ring (bicyclic) bond motifs is 1. The van der Waals surface area contributed by atoms with Gasteiger partial charge in [0.15, 0.2) is 11.4 Å². The standard InChI is InChI=1S/C23H19NO5/c1-3-19-22-13-7-10-20(25)23(22,29-22)17-14-16(27-2)11-12-18(17)24(19)21(26)28-15-8-5-4-6-9-15/h1,4-6,8-9,11-12,14,19H,7,10,13H2,2H3. The molecule has 0 spiro atoms. The third-order valence-corrected chi connectivity index (χ3v) is 6.08. The average Bonchev–Trinajstić information content (AvgIpc) is 3.46. The van der Waals surface area contributed by atoms with Crippen LogP contribution in [0, 0.1) is 12.3 Å². The number of amides is 1. The fourth-order valence-corrected chi connectivity index (χ4v) is 4.81. The summed E-state index contributed by atoms with van der Waals surface area (Å²) in [4.78, 5) is 27.7. The number of carbonyl (C=O) groups is 2. The summed E-state index contributed by atoms with van der Waals surface area (Å²) in [6, 6.07) is 13.3. The smallest absolute Gasteiger partial charge is 0.420 e. The Kier molecular flexibility index (Phi) is 3.74. The van der Waals surface area contributed by atoms with Gasteiger partial charge in [-0.1, -0.05) is 24.1 Å². The molecule has 3 unspecified atom stereocenters. The number of carbonyl (C=O) groups excluding carboxylic acids is 2. The van der Waals surface area contributed by atoms with Crippen molar-refractivity contribution >= 4 is 17.6 Å². The molecule has 6 nitrogen and oxygen atoms in total. The van der Waals surface area contributed by atoms with Crippen LogP contribution in [0.4, 0.5) is 10.5 Å². The molecule has 5 rings (SSSR count). The summed E-state index contributed by atoms with van der Waals surface area (Å²) in [5.41, 5.74) is -0.918. The Labute approximate surface area is 168 Å². The zero-order valence-corrected chi connectivity index (χ0v) is 15.9. The molecule has 2 aliphatic heterocycles. The lowest BCUT2D eigenvalue weighted by molar-refractivity contribution is -0.125. The monoisotopic (exact) mass is 389 g/mol. The summed E-state index contributed by atoms with van der Waals surface area (Å²) in [7, 11) is 1.55. The van der Waals surface area contributed by atoms with Gasteiger partial charge in [-0.2, -0.15) is 0 Å². The predicted octanol–water partition coefficient (Wildman–Crippen LogP) is 3.43. The molecule has 0 radical (unpaired) electrons. The van der Waals surface area contributed by atoms with Gasteiger partial charge < -0.3 is 14.2 Å². The van der Waals surface area contributed by atoms with Crippen LogP contribution in [0.5, 0.6) is 11.5 Å². The third kappa shape index (κ3) is 2.22. The summed E-state index contributed by atoms with van der Waals surface area (Å²) in [6.07, 6.45) is 6.96. The van der Waals surface area contributed by atoms with Crippen molar-refractivity contribution in [2.24, 2.45) is 0 Å². The highest BCUT2D eigenvalue weighted by Gasteiger charge is 2.82. The lowest BCUT2D eigenvalue weighted by Crippen LogP contribution is -2.58. The van der Waals surface area contributed by atoms with Gasteiger partial charge in [-0.3, -0.25) is 9.69 Å². The minimum atomic E-state index is -1.12. The normalized spacial score (nSPS) is 29.0. The van der Waals surface area contributed by atoms with Gasteiger partial charge in [0.25, 0.3) is 0 Å². The minimum absolute atomic E-state index is 0.00502. The molecule has 146 valence electrons. The van der Waals surface area contributed by atoms with Gasteiger partial charge >= 0.3 is 6.09 Å². The maximum absolute atomic E-state index is 13.2. The summed E-state index contributed by atoms with van der Waals surface area (Å²) < 4.78 is 17.1. The predicted molar refractivity (Wildman–Crippen MR) is 105 cm³/mol. The first kappa shape index (κ1) is 17.8. The lowest BCUT2D eigenvalue weighted by atomic mass is 9.68. The van der Waals surface area contributed by atoms with Crippen LogP contribution < -0.4 is 14.4 Å². The van der Waals surface area contributed by atoms with Crippen LogP contribution in [0.2, 0.25) is 0 Å². The molecule has 2 fully saturated rings. The Hall–Kier alpha value is -3.30. The van der Waals surface area contributed by atoms with Crippen molar-refractivity contribution in [1.82, 2.24) is 0 Å². The Morgan fingerprint density at radius 2 is 2.03 bits per heavy atom. The topological polar surface area (TPSA) is 68.4 Å². The van der Waals surface area contributed by atoms with E-state index in [1.807, 2.05) is 6.07 Å². The van der Waals surface area contributed by atoms with E-state index in [2.05, 4.69) is 5.92 Å². The molecule has 1 aliphatic carbocycles. The number of ketones is 1. The molecule has 1 amide bonds. The number of hydrogen-bond donors (Lipinski definition) is 0. The van der Waals surface area contributed by atoms with Crippen LogP contribution in [0.1, 0.15) is 24.8 Å². The average molecular weight is 389 g/mol. The number of methoxy groups -OCH3 is 1. The van der Waals surface area contributed by atoms with Gasteiger partial charge in [0, 0.05) is 12.0 Å². The summed E-state index contributed by atoms with van der Waals surface area (Å²) in [5.74, 6) is 3.69. The van der Waals surface area contributed by atoms with Gasteiger partial charge in [-0.25, -0.2) is 4.79 Å². The number of epoxide rings is 1. The van der Waals surface area contributed by atoms with Gasteiger partial charge in [-0.15, -0.1) is 6.42 Å². The highest BCUT2D eigenvalue weighted by molar-refractivity contribution is 6.02. The number of benzene rings is 2. The molecule has 2 heterocycles. The molecule has 2 aromatic carbocycles. The van der Waals surface area contributed by atoms with Crippen molar-refractivity contribution in [2.45, 2.75) is 36.5 Å². The number of ether oxygens (including phenoxy) is 3. The first-order valence-corrected chi connectivity index (χ1v) is 9.51. The quantitative estimate of drug-likeness (QED) is 0.581. The van der Waals surface area contributed by atoms with Gasteiger partial charge in [0.2, 0.25) is 0 Å². The van der Waals surface area contributed by atoms with Crippen molar-refractivity contribution in [3.63, 3.8) is 0 Å². The van der Waals surface area contributed by atoms with Crippen molar-refractivity contribution in [1.29, 1.82) is 0 Å². The fraction of sp³-hybridized carbons (Fsp3) is 0.304. The number of para-hydroxylation sites is 1. The fourth-order valence-electron chi connectivity index (χ4n) is 4.81. The van der Waals surface area contributed by atoms with E-state index in [1.54, 1.807) is 49.6 Å². The second-order valence-corrected chi connectivity index (χ2v) is 7.45. The Balaban J connectivity index is 1.66. The Morgan fingerprint density at radius 3 is 2.76 bits per heavy atom. The van der Waals surface area contributed by atoms with Crippen molar-refractivity contribution in [3.05, 3.63) is 54.1 Å². The van der Waals surface area contributed by atoms with E-state index in [0.29, 0.717) is 42.0 Å². The van der Waals surface area contributed by atoms with E-state index in [1.165, 1.54) is 4.90 Å². The van der Waals surface area contributed by atoms with E-state index in [0.717, 1.165) is 0 Å². The zero-order valence-electron chi connectivity index (χ0n) is 15.9. The molecule has 6 heteroatoms. The van der Waals surface area contributed by atoms with E-state index in [4.69, 9.17) is 20.6 Å². The number of terminal acetylenes is 1. The van der Waals surface area contributed by atoms with E-state index < -0.39 is 23.3 Å².